The summed E-state index contributed by atoms with van der Waals surface area (Å²) in [4.78, 5) is 7.08. The van der Waals surface area contributed by atoms with Crippen LogP contribution in [0, 0.1) is 0 Å². The van der Waals surface area contributed by atoms with Crippen LogP contribution < -0.4 is 5.32 Å². The van der Waals surface area contributed by atoms with Crippen molar-refractivity contribution >= 4 is 12.4 Å². The molecule has 1 aliphatic carbocycles. The lowest BCUT2D eigenvalue weighted by molar-refractivity contribution is 0.149. The molecule has 0 atom stereocenters. The molecule has 0 amide bonds. The molecule has 1 N–H and O–H groups in total. The Balaban J connectivity index is 0.00000147. The Labute approximate surface area is 126 Å². The first-order valence-corrected chi connectivity index (χ1v) is 7.64. The summed E-state index contributed by atoms with van der Waals surface area (Å²) >= 11 is 0. The van der Waals surface area contributed by atoms with Crippen LogP contribution >= 0.6 is 12.4 Å². The van der Waals surface area contributed by atoms with Crippen LogP contribution in [0.2, 0.25) is 0 Å². The van der Waals surface area contributed by atoms with Crippen LogP contribution in [-0.2, 0) is 6.54 Å². The third kappa shape index (κ3) is 3.93. The summed E-state index contributed by atoms with van der Waals surface area (Å²) in [5.74, 6) is 2.28. The highest BCUT2D eigenvalue weighted by atomic mass is 35.5. The third-order valence-corrected chi connectivity index (χ3v) is 4.09. The molecule has 1 saturated carbocycles. The first-order chi connectivity index (χ1) is 9.36. The molecule has 1 saturated heterocycles. The Morgan fingerprint density at radius 3 is 2.65 bits per heavy atom. The van der Waals surface area contributed by atoms with Gasteiger partial charge in [0, 0.05) is 12.0 Å². The second kappa shape index (κ2) is 7.38. The molecule has 2 heterocycles. The highest BCUT2D eigenvalue weighted by molar-refractivity contribution is 5.85. The van der Waals surface area contributed by atoms with Gasteiger partial charge in [0.1, 0.15) is 0 Å². The summed E-state index contributed by atoms with van der Waals surface area (Å²) in [5.41, 5.74) is 0. The van der Waals surface area contributed by atoms with Crippen molar-refractivity contribution in [2.24, 2.45) is 0 Å². The summed E-state index contributed by atoms with van der Waals surface area (Å²) in [6.45, 7) is 6.46. The summed E-state index contributed by atoms with van der Waals surface area (Å²) in [6, 6.07) is 0.670. The van der Waals surface area contributed by atoms with Crippen molar-refractivity contribution in [2.45, 2.75) is 57.5 Å². The number of hydrogen-bond donors (Lipinski definition) is 1. The molecule has 0 spiro atoms. The lowest BCUT2D eigenvalue weighted by Gasteiger charge is -2.33. The van der Waals surface area contributed by atoms with Gasteiger partial charge in [-0.3, -0.25) is 4.90 Å². The fourth-order valence-corrected chi connectivity index (χ4v) is 2.86. The normalized spacial score (nSPS) is 20.1. The number of halogens is 1. The lowest BCUT2D eigenvalue weighted by atomic mass is 10.0. The van der Waals surface area contributed by atoms with E-state index in [1.807, 2.05) is 0 Å². The Hall–Kier alpha value is -0.650. The topological polar surface area (TPSA) is 54.2 Å². The molecule has 0 bridgehead atoms. The van der Waals surface area contributed by atoms with Gasteiger partial charge >= 0.3 is 0 Å². The zero-order valence-electron chi connectivity index (χ0n) is 12.2. The maximum Gasteiger partial charge on any atom is 0.229 e. The summed E-state index contributed by atoms with van der Waals surface area (Å²) < 4.78 is 5.35. The van der Waals surface area contributed by atoms with E-state index in [1.165, 1.54) is 32.1 Å². The van der Waals surface area contributed by atoms with Crippen molar-refractivity contribution in [1.29, 1.82) is 0 Å². The Bertz CT molecular complexity index is 402. The van der Waals surface area contributed by atoms with Crippen LogP contribution in [0.5, 0.6) is 0 Å². The van der Waals surface area contributed by atoms with E-state index in [2.05, 4.69) is 27.3 Å². The molecule has 3 rings (SSSR count). The van der Waals surface area contributed by atoms with Gasteiger partial charge in [0.15, 0.2) is 5.82 Å². The van der Waals surface area contributed by atoms with Gasteiger partial charge in [-0.2, -0.15) is 4.98 Å². The SMILES string of the molecule is CCCN(Cc1noc(C2CC2)n1)C1CCNCC1.Cl. The van der Waals surface area contributed by atoms with Crippen LogP contribution in [0.4, 0.5) is 0 Å². The van der Waals surface area contributed by atoms with Crippen molar-refractivity contribution < 1.29 is 4.52 Å². The molecule has 1 aliphatic heterocycles. The van der Waals surface area contributed by atoms with Crippen molar-refractivity contribution in [1.82, 2.24) is 20.4 Å². The molecule has 1 aromatic rings. The molecular formula is C14H25ClN4O. The second-order valence-corrected chi connectivity index (χ2v) is 5.77. The lowest BCUT2D eigenvalue weighted by Crippen LogP contribution is -2.43. The fourth-order valence-electron chi connectivity index (χ4n) is 2.86. The average Bonchev–Trinajstić information content (AvgIpc) is 3.20. The highest BCUT2D eigenvalue weighted by Crippen LogP contribution is 2.38. The van der Waals surface area contributed by atoms with E-state index >= 15 is 0 Å². The Morgan fingerprint density at radius 2 is 2.00 bits per heavy atom. The maximum atomic E-state index is 5.35. The van der Waals surface area contributed by atoms with Gasteiger partial charge in [0.2, 0.25) is 5.89 Å². The number of nitrogens with one attached hydrogen (secondary N) is 1. The first-order valence-electron chi connectivity index (χ1n) is 7.64. The van der Waals surface area contributed by atoms with E-state index in [0.717, 1.165) is 37.9 Å². The predicted molar refractivity (Wildman–Crippen MR) is 80.1 cm³/mol. The van der Waals surface area contributed by atoms with Gasteiger partial charge in [-0.05, 0) is 51.7 Å². The minimum Gasteiger partial charge on any atom is -0.339 e. The smallest absolute Gasteiger partial charge is 0.229 e. The molecule has 5 nitrogen and oxygen atoms in total. The van der Waals surface area contributed by atoms with Gasteiger partial charge in [0.25, 0.3) is 0 Å². The van der Waals surface area contributed by atoms with Crippen molar-refractivity contribution in [3.8, 4) is 0 Å². The minimum atomic E-state index is 0. The van der Waals surface area contributed by atoms with Crippen LogP contribution in [0.25, 0.3) is 0 Å². The van der Waals surface area contributed by atoms with Gasteiger partial charge in [-0.25, -0.2) is 0 Å². The average molecular weight is 301 g/mol. The van der Waals surface area contributed by atoms with Crippen molar-refractivity contribution in [3.63, 3.8) is 0 Å². The number of nitrogens with zero attached hydrogens (tertiary/aromatic N) is 3. The number of rotatable bonds is 6. The number of hydrogen-bond acceptors (Lipinski definition) is 5. The molecule has 0 unspecified atom stereocenters. The number of aromatic nitrogens is 2. The molecule has 2 aliphatic rings. The second-order valence-electron chi connectivity index (χ2n) is 5.77. The zero-order chi connectivity index (χ0) is 13.1. The predicted octanol–water partition coefficient (Wildman–Crippen LogP) is 2.33. The van der Waals surface area contributed by atoms with Gasteiger partial charge in [0.05, 0.1) is 6.54 Å². The van der Waals surface area contributed by atoms with Gasteiger partial charge < -0.3 is 9.84 Å². The quantitative estimate of drug-likeness (QED) is 0.874. The summed E-state index contributed by atoms with van der Waals surface area (Å²) in [5, 5.41) is 7.58. The van der Waals surface area contributed by atoms with Crippen LogP contribution in [0.15, 0.2) is 4.52 Å². The van der Waals surface area contributed by atoms with Crippen LogP contribution in [0.3, 0.4) is 0 Å². The van der Waals surface area contributed by atoms with E-state index in [-0.39, 0.29) is 12.4 Å². The largest absolute Gasteiger partial charge is 0.339 e. The molecule has 114 valence electrons. The van der Waals surface area contributed by atoms with Crippen molar-refractivity contribution in [2.75, 3.05) is 19.6 Å². The fraction of sp³-hybridized carbons (Fsp3) is 0.857. The number of piperidine rings is 1. The summed E-state index contributed by atoms with van der Waals surface area (Å²) in [7, 11) is 0. The maximum absolute atomic E-state index is 5.35. The van der Waals surface area contributed by atoms with E-state index < -0.39 is 0 Å². The highest BCUT2D eigenvalue weighted by Gasteiger charge is 2.30. The molecule has 1 aromatic heterocycles. The molecule has 2 fully saturated rings. The van der Waals surface area contributed by atoms with Gasteiger partial charge in [-0.1, -0.05) is 12.1 Å². The third-order valence-electron chi connectivity index (χ3n) is 4.09. The van der Waals surface area contributed by atoms with Crippen molar-refractivity contribution in [3.05, 3.63) is 11.7 Å². The zero-order valence-corrected chi connectivity index (χ0v) is 13.0. The standard InChI is InChI=1S/C14H24N4O.ClH/c1-2-9-18(12-5-7-15-8-6-12)10-13-16-14(19-17-13)11-3-4-11;/h11-12,15H,2-10H2,1H3;1H. The van der Waals surface area contributed by atoms with E-state index in [0.29, 0.717) is 12.0 Å². The van der Waals surface area contributed by atoms with Crippen LogP contribution in [-0.4, -0.2) is 40.7 Å². The minimum absolute atomic E-state index is 0. The monoisotopic (exact) mass is 300 g/mol. The Morgan fingerprint density at radius 1 is 1.25 bits per heavy atom. The van der Waals surface area contributed by atoms with E-state index in [9.17, 15) is 0 Å². The molecular weight excluding hydrogens is 276 g/mol. The van der Waals surface area contributed by atoms with E-state index in [1.54, 1.807) is 0 Å². The molecule has 20 heavy (non-hydrogen) atoms. The molecule has 6 heteroatoms. The van der Waals surface area contributed by atoms with Gasteiger partial charge in [-0.15, -0.1) is 12.4 Å². The first kappa shape index (κ1) is 15.7. The van der Waals surface area contributed by atoms with Crippen LogP contribution in [0.1, 0.15) is 56.7 Å². The molecule has 0 aromatic carbocycles. The Kier molecular flexibility index (Phi) is 5.81. The van der Waals surface area contributed by atoms with E-state index in [4.69, 9.17) is 4.52 Å². The summed E-state index contributed by atoms with van der Waals surface area (Å²) in [6.07, 6.45) is 6.07. The molecule has 0 radical (unpaired) electrons.